The van der Waals surface area contributed by atoms with Gasteiger partial charge in [0.15, 0.2) is 0 Å². The molecule has 2 heterocycles. The number of carbonyl (C=O) groups is 2. The van der Waals surface area contributed by atoms with Crippen LogP contribution in [-0.4, -0.2) is 48.9 Å². The fourth-order valence-electron chi connectivity index (χ4n) is 4.58. The van der Waals surface area contributed by atoms with Gasteiger partial charge in [0.1, 0.15) is 0 Å². The van der Waals surface area contributed by atoms with Gasteiger partial charge in [0.2, 0.25) is 5.91 Å². The average molecular weight is 430 g/mol. The van der Waals surface area contributed by atoms with Gasteiger partial charge >= 0.3 is 0 Å². The van der Waals surface area contributed by atoms with Gasteiger partial charge < -0.3 is 15.5 Å². The van der Waals surface area contributed by atoms with Gasteiger partial charge in [-0.25, -0.2) is 0 Å². The lowest BCUT2D eigenvalue weighted by atomic mass is 9.93. The van der Waals surface area contributed by atoms with E-state index >= 15 is 0 Å². The van der Waals surface area contributed by atoms with Crippen molar-refractivity contribution in [1.29, 1.82) is 0 Å². The summed E-state index contributed by atoms with van der Waals surface area (Å²) in [7, 11) is 0. The maximum absolute atomic E-state index is 12.7. The summed E-state index contributed by atoms with van der Waals surface area (Å²) in [5.41, 5.74) is 0.679. The highest BCUT2D eigenvalue weighted by atomic mass is 35.5. The Labute approximate surface area is 185 Å². The summed E-state index contributed by atoms with van der Waals surface area (Å²) in [5.74, 6) is 0.867. The van der Waals surface area contributed by atoms with Crippen molar-refractivity contribution in [3.8, 4) is 0 Å². The van der Waals surface area contributed by atoms with E-state index in [1.165, 1.54) is 12.8 Å². The number of fused-ring (bicyclic) bond motifs is 1. The van der Waals surface area contributed by atoms with Gasteiger partial charge in [-0.15, -0.1) is 12.4 Å². The Morgan fingerprint density at radius 2 is 1.80 bits per heavy atom. The average Bonchev–Trinajstić information content (AvgIpc) is 2.78. The van der Waals surface area contributed by atoms with Crippen molar-refractivity contribution in [1.82, 2.24) is 15.5 Å². The molecule has 0 aromatic heterocycles. The lowest BCUT2D eigenvalue weighted by Crippen LogP contribution is -2.49. The van der Waals surface area contributed by atoms with Crippen molar-refractivity contribution in [2.45, 2.75) is 44.6 Å². The Bertz CT molecular complexity index is 866. The van der Waals surface area contributed by atoms with Gasteiger partial charge in [-0.2, -0.15) is 0 Å². The third-order valence-corrected chi connectivity index (χ3v) is 6.35. The number of hydrogen-bond acceptors (Lipinski definition) is 3. The van der Waals surface area contributed by atoms with Crippen LogP contribution in [-0.2, 0) is 4.79 Å². The molecule has 2 saturated heterocycles. The maximum atomic E-state index is 12.7. The summed E-state index contributed by atoms with van der Waals surface area (Å²) < 4.78 is 0. The summed E-state index contributed by atoms with van der Waals surface area (Å²) >= 11 is 0. The first-order valence-electron chi connectivity index (χ1n) is 11.0. The van der Waals surface area contributed by atoms with Gasteiger partial charge in [0.05, 0.1) is 0 Å². The molecule has 2 amide bonds. The number of hydrogen-bond donors (Lipinski definition) is 2. The molecule has 0 aliphatic carbocycles. The highest BCUT2D eigenvalue weighted by molar-refractivity contribution is 5.98. The molecule has 0 spiro atoms. The zero-order valence-electron chi connectivity index (χ0n) is 17.4. The van der Waals surface area contributed by atoms with Gasteiger partial charge in [-0.1, -0.05) is 30.3 Å². The van der Waals surface area contributed by atoms with Crippen LogP contribution in [0.25, 0.3) is 10.8 Å². The number of likely N-dealkylation sites (tertiary alicyclic amines) is 1. The maximum Gasteiger partial charge on any atom is 0.251 e. The lowest BCUT2D eigenvalue weighted by molar-refractivity contribution is -0.132. The summed E-state index contributed by atoms with van der Waals surface area (Å²) in [6.07, 6.45) is 5.86. The SMILES string of the molecule is Cl.O=C(NC1CCCN(C(=O)CCC2CCNCC2)C1)c1ccc2ccccc2c1. The van der Waals surface area contributed by atoms with Gasteiger partial charge in [-0.3, -0.25) is 9.59 Å². The molecule has 0 saturated carbocycles. The van der Waals surface area contributed by atoms with Gasteiger partial charge in [0, 0.05) is 31.1 Å². The molecule has 30 heavy (non-hydrogen) atoms. The number of amides is 2. The first kappa shape index (κ1) is 22.6. The minimum atomic E-state index is -0.0512. The fraction of sp³-hybridized carbons (Fsp3) is 0.500. The second kappa shape index (κ2) is 10.8. The largest absolute Gasteiger partial charge is 0.348 e. The number of piperidine rings is 2. The van der Waals surface area contributed by atoms with Crippen LogP contribution < -0.4 is 10.6 Å². The molecule has 5 nitrogen and oxygen atoms in total. The molecule has 0 radical (unpaired) electrons. The van der Waals surface area contributed by atoms with Crippen LogP contribution in [0.3, 0.4) is 0 Å². The topological polar surface area (TPSA) is 61.4 Å². The third-order valence-electron chi connectivity index (χ3n) is 6.35. The van der Waals surface area contributed by atoms with Gasteiger partial charge in [0.25, 0.3) is 5.91 Å². The molecule has 2 fully saturated rings. The number of benzene rings is 2. The fourth-order valence-corrected chi connectivity index (χ4v) is 4.58. The predicted molar refractivity (Wildman–Crippen MR) is 123 cm³/mol. The molecule has 2 N–H and O–H groups in total. The quantitative estimate of drug-likeness (QED) is 0.760. The Hall–Kier alpha value is -2.11. The van der Waals surface area contributed by atoms with E-state index in [9.17, 15) is 9.59 Å². The van der Waals surface area contributed by atoms with Gasteiger partial charge in [-0.05, 0) is 74.0 Å². The predicted octanol–water partition coefficient (Wildman–Crippen LogP) is 3.76. The highest BCUT2D eigenvalue weighted by Crippen LogP contribution is 2.20. The van der Waals surface area contributed by atoms with Crippen molar-refractivity contribution in [2.24, 2.45) is 5.92 Å². The second-order valence-corrected chi connectivity index (χ2v) is 8.45. The van der Waals surface area contributed by atoms with Crippen LogP contribution in [0.4, 0.5) is 0 Å². The number of nitrogens with one attached hydrogen (secondary N) is 2. The van der Waals surface area contributed by atoms with E-state index in [1.807, 2.05) is 47.4 Å². The Morgan fingerprint density at radius 3 is 2.60 bits per heavy atom. The monoisotopic (exact) mass is 429 g/mol. The molecule has 6 heteroatoms. The number of rotatable bonds is 5. The van der Waals surface area contributed by atoms with Crippen LogP contribution in [0, 0.1) is 5.92 Å². The summed E-state index contributed by atoms with van der Waals surface area (Å²) in [6.45, 7) is 3.59. The molecular formula is C24H32ClN3O2. The zero-order chi connectivity index (χ0) is 20.1. The minimum absolute atomic E-state index is 0. The van der Waals surface area contributed by atoms with E-state index in [0.717, 1.165) is 49.7 Å². The first-order chi connectivity index (χ1) is 14.2. The summed E-state index contributed by atoms with van der Waals surface area (Å²) in [4.78, 5) is 27.4. The Morgan fingerprint density at radius 1 is 1.03 bits per heavy atom. The van der Waals surface area contributed by atoms with Crippen molar-refractivity contribution >= 4 is 35.0 Å². The van der Waals surface area contributed by atoms with E-state index in [-0.39, 0.29) is 30.3 Å². The van der Waals surface area contributed by atoms with Crippen molar-refractivity contribution in [3.05, 3.63) is 48.0 Å². The Balaban J connectivity index is 0.00000256. The van der Waals surface area contributed by atoms with Crippen LogP contribution in [0.2, 0.25) is 0 Å². The van der Waals surface area contributed by atoms with Crippen molar-refractivity contribution < 1.29 is 9.59 Å². The number of nitrogens with zero attached hydrogens (tertiary/aromatic N) is 1. The number of carbonyl (C=O) groups excluding carboxylic acids is 2. The molecular weight excluding hydrogens is 398 g/mol. The third kappa shape index (κ3) is 5.73. The smallest absolute Gasteiger partial charge is 0.251 e. The van der Waals surface area contributed by atoms with Crippen LogP contribution in [0.1, 0.15) is 48.9 Å². The van der Waals surface area contributed by atoms with Crippen molar-refractivity contribution in [3.63, 3.8) is 0 Å². The first-order valence-corrected chi connectivity index (χ1v) is 11.0. The van der Waals surface area contributed by atoms with Crippen LogP contribution >= 0.6 is 12.4 Å². The molecule has 2 aromatic rings. The van der Waals surface area contributed by atoms with Crippen molar-refractivity contribution in [2.75, 3.05) is 26.2 Å². The molecule has 2 aromatic carbocycles. The highest BCUT2D eigenvalue weighted by Gasteiger charge is 2.25. The van der Waals surface area contributed by atoms with Crippen LogP contribution in [0.5, 0.6) is 0 Å². The zero-order valence-corrected chi connectivity index (χ0v) is 18.3. The number of halogens is 1. The molecule has 2 aliphatic rings. The van der Waals surface area contributed by atoms with E-state index in [4.69, 9.17) is 0 Å². The second-order valence-electron chi connectivity index (χ2n) is 8.45. The normalized spacial score (nSPS) is 19.9. The van der Waals surface area contributed by atoms with E-state index in [0.29, 0.717) is 24.4 Å². The minimum Gasteiger partial charge on any atom is -0.348 e. The molecule has 162 valence electrons. The molecule has 1 atom stereocenters. The van der Waals surface area contributed by atoms with Crippen LogP contribution in [0.15, 0.2) is 42.5 Å². The molecule has 4 rings (SSSR count). The molecule has 2 aliphatic heterocycles. The Kier molecular flexibility index (Phi) is 8.11. The van der Waals surface area contributed by atoms with E-state index in [1.54, 1.807) is 0 Å². The summed E-state index contributed by atoms with van der Waals surface area (Å²) in [5, 5.41) is 8.73. The standard InChI is InChI=1S/C24H31N3O2.ClH/c28-23(10-7-18-11-13-25-14-12-18)27-15-3-6-22(17-27)26-24(29)21-9-8-19-4-1-2-5-20(19)16-21;/h1-2,4-5,8-9,16,18,22,25H,3,6-7,10-15,17H2,(H,26,29);1H. The van der Waals surface area contributed by atoms with E-state index in [2.05, 4.69) is 10.6 Å². The molecule has 0 bridgehead atoms. The summed E-state index contributed by atoms with van der Waals surface area (Å²) in [6, 6.07) is 13.9. The molecule has 1 unspecified atom stereocenters. The van der Waals surface area contributed by atoms with E-state index < -0.39 is 0 Å². The lowest BCUT2D eigenvalue weighted by Gasteiger charge is -2.33.